The Balaban J connectivity index is 2.33. The Bertz CT molecular complexity index is 730. The summed E-state index contributed by atoms with van der Waals surface area (Å²) >= 11 is 0. The zero-order valence-electron chi connectivity index (χ0n) is 9.99. The van der Waals surface area contributed by atoms with Gasteiger partial charge in [0.05, 0.1) is 0 Å². The fraction of sp³-hybridized carbons (Fsp3) is 0. The minimum Gasteiger partial charge on any atom is -0.289 e. The molecule has 0 unspecified atom stereocenters. The van der Waals surface area contributed by atoms with Crippen LogP contribution >= 0.6 is 0 Å². The Morgan fingerprint density at radius 1 is 0.650 bits per heavy atom. The van der Waals surface area contributed by atoms with E-state index >= 15 is 0 Å². The Morgan fingerprint density at radius 3 is 1.40 bits per heavy atom. The van der Waals surface area contributed by atoms with Gasteiger partial charge in [-0.3, -0.25) is 9.59 Å². The van der Waals surface area contributed by atoms with Crippen molar-refractivity contribution in [1.29, 1.82) is 0 Å². The molecular formula is C14H6N2O4. The second-order valence-corrected chi connectivity index (χ2v) is 4.27. The molecule has 0 saturated heterocycles. The molecule has 0 aliphatic heterocycles. The third kappa shape index (κ3) is 1.51. The van der Waals surface area contributed by atoms with E-state index in [-0.39, 0.29) is 45.2 Å². The number of fused-ring (bicyclic) bond motifs is 2. The summed E-state index contributed by atoms with van der Waals surface area (Å²) in [5.41, 5.74) is 0.173. The average Bonchev–Trinajstić information content (AvgIpc) is 2.51. The first-order valence-electron chi connectivity index (χ1n) is 5.70. The molecule has 0 fully saturated rings. The van der Waals surface area contributed by atoms with E-state index in [0.717, 1.165) is 12.1 Å². The number of rotatable bonds is 2. The fourth-order valence-corrected chi connectivity index (χ4v) is 2.27. The standard InChI is InChI=1S/C14H6N2O4/c17-13-7-3-1-2-4-8(7)14(18)10-6-12(16-20)11(15-19)5-9(10)13/h1-6H. The number of carbonyl (C=O) groups excluding carboxylic acids is 2. The summed E-state index contributed by atoms with van der Waals surface area (Å²) in [4.78, 5) is 46.0. The number of benzene rings is 2. The van der Waals surface area contributed by atoms with Crippen molar-refractivity contribution in [2.75, 3.05) is 0 Å². The molecule has 20 heavy (non-hydrogen) atoms. The smallest absolute Gasteiger partial charge is 0.194 e. The third-order valence-corrected chi connectivity index (χ3v) is 3.22. The topological polar surface area (TPSA) is 93.0 Å². The second-order valence-electron chi connectivity index (χ2n) is 4.27. The molecule has 0 saturated carbocycles. The summed E-state index contributed by atoms with van der Waals surface area (Å²) in [5, 5.41) is 5.32. The Kier molecular flexibility index (Phi) is 2.57. The van der Waals surface area contributed by atoms with Crippen LogP contribution in [0, 0.1) is 9.81 Å². The summed E-state index contributed by atoms with van der Waals surface area (Å²) in [7, 11) is 0. The van der Waals surface area contributed by atoms with E-state index in [9.17, 15) is 19.4 Å². The van der Waals surface area contributed by atoms with Crippen molar-refractivity contribution >= 4 is 22.9 Å². The van der Waals surface area contributed by atoms with Gasteiger partial charge in [-0.25, -0.2) is 0 Å². The lowest BCUT2D eigenvalue weighted by Gasteiger charge is -2.17. The fourth-order valence-electron chi connectivity index (χ4n) is 2.27. The van der Waals surface area contributed by atoms with Crippen molar-refractivity contribution in [2.24, 2.45) is 10.4 Å². The normalized spacial score (nSPS) is 12.6. The van der Waals surface area contributed by atoms with E-state index in [4.69, 9.17) is 0 Å². The molecule has 6 heteroatoms. The van der Waals surface area contributed by atoms with Crippen molar-refractivity contribution in [3.8, 4) is 0 Å². The molecule has 2 aromatic rings. The summed E-state index contributed by atoms with van der Waals surface area (Å²) in [5.74, 6) is -0.755. The van der Waals surface area contributed by atoms with Gasteiger partial charge in [-0.15, -0.1) is 9.81 Å². The van der Waals surface area contributed by atoms with Crippen molar-refractivity contribution in [2.45, 2.75) is 0 Å². The maximum atomic E-state index is 12.3. The van der Waals surface area contributed by atoms with Gasteiger partial charge in [-0.1, -0.05) is 24.3 Å². The van der Waals surface area contributed by atoms with E-state index in [2.05, 4.69) is 10.4 Å². The molecular weight excluding hydrogens is 260 g/mol. The Labute approximate surface area is 112 Å². The third-order valence-electron chi connectivity index (χ3n) is 3.22. The van der Waals surface area contributed by atoms with Gasteiger partial charge in [0.15, 0.2) is 11.6 Å². The Morgan fingerprint density at radius 2 is 1.05 bits per heavy atom. The van der Waals surface area contributed by atoms with E-state index < -0.39 is 0 Å². The SMILES string of the molecule is O=Nc1cc2c(cc1N=O)C(=O)c1ccccc1C2=O. The molecule has 0 N–H and O–H groups in total. The van der Waals surface area contributed by atoms with Crippen LogP contribution in [0.4, 0.5) is 11.4 Å². The highest BCUT2D eigenvalue weighted by Gasteiger charge is 2.30. The maximum absolute atomic E-state index is 12.3. The molecule has 96 valence electrons. The molecule has 2 aromatic carbocycles. The highest BCUT2D eigenvalue weighted by atomic mass is 16.3. The second kappa shape index (κ2) is 4.27. The minimum atomic E-state index is -0.377. The van der Waals surface area contributed by atoms with Crippen LogP contribution in [-0.2, 0) is 0 Å². The molecule has 0 amide bonds. The first kappa shape index (κ1) is 12.0. The van der Waals surface area contributed by atoms with Gasteiger partial charge in [-0.05, 0) is 22.5 Å². The summed E-state index contributed by atoms with van der Waals surface area (Å²) in [6.07, 6.45) is 0. The number of ketones is 2. The van der Waals surface area contributed by atoms with Crippen molar-refractivity contribution < 1.29 is 9.59 Å². The monoisotopic (exact) mass is 266 g/mol. The largest absolute Gasteiger partial charge is 0.289 e. The van der Waals surface area contributed by atoms with Crippen molar-refractivity contribution in [1.82, 2.24) is 0 Å². The van der Waals surface area contributed by atoms with Crippen molar-refractivity contribution in [3.63, 3.8) is 0 Å². The lowest BCUT2D eigenvalue weighted by molar-refractivity contribution is 0.0979. The van der Waals surface area contributed by atoms with E-state index in [0.29, 0.717) is 0 Å². The molecule has 0 spiro atoms. The highest BCUT2D eigenvalue weighted by Crippen LogP contribution is 2.36. The Hall–Kier alpha value is -3.02. The van der Waals surface area contributed by atoms with Crippen LogP contribution in [0.2, 0.25) is 0 Å². The average molecular weight is 266 g/mol. The quantitative estimate of drug-likeness (QED) is 0.665. The summed E-state index contributed by atoms with van der Waals surface area (Å²) < 4.78 is 0. The van der Waals surface area contributed by atoms with E-state index in [1.54, 1.807) is 24.3 Å². The predicted octanol–water partition coefficient (Wildman–Crippen LogP) is 3.26. The number of nitroso groups, excluding NO2 is 2. The van der Waals surface area contributed by atoms with Gasteiger partial charge in [-0.2, -0.15) is 0 Å². The highest BCUT2D eigenvalue weighted by molar-refractivity contribution is 6.28. The van der Waals surface area contributed by atoms with Gasteiger partial charge in [0.1, 0.15) is 11.4 Å². The first-order valence-corrected chi connectivity index (χ1v) is 5.70. The molecule has 6 nitrogen and oxygen atoms in total. The first-order chi connectivity index (χ1) is 9.67. The van der Waals surface area contributed by atoms with Crippen LogP contribution < -0.4 is 0 Å². The van der Waals surface area contributed by atoms with E-state index in [1.165, 1.54) is 0 Å². The number of hydrogen-bond acceptors (Lipinski definition) is 6. The van der Waals surface area contributed by atoms with Gasteiger partial charge in [0, 0.05) is 22.3 Å². The maximum Gasteiger partial charge on any atom is 0.194 e. The number of nitrogens with zero attached hydrogens (tertiary/aromatic N) is 2. The molecule has 0 heterocycles. The van der Waals surface area contributed by atoms with Gasteiger partial charge < -0.3 is 0 Å². The molecule has 0 bridgehead atoms. The number of carbonyl (C=O) groups is 2. The van der Waals surface area contributed by atoms with Crippen LogP contribution in [0.3, 0.4) is 0 Å². The zero-order chi connectivity index (χ0) is 14.3. The predicted molar refractivity (Wildman–Crippen MR) is 70.7 cm³/mol. The molecule has 0 atom stereocenters. The molecule has 1 aliphatic carbocycles. The van der Waals surface area contributed by atoms with Crippen LogP contribution in [0.5, 0.6) is 0 Å². The lowest BCUT2D eigenvalue weighted by atomic mass is 9.83. The summed E-state index contributed by atoms with van der Waals surface area (Å²) in [6, 6.07) is 8.64. The minimum absolute atomic E-state index is 0.0655. The van der Waals surface area contributed by atoms with Crippen LogP contribution in [0.15, 0.2) is 46.8 Å². The summed E-state index contributed by atoms with van der Waals surface area (Å²) in [6.45, 7) is 0. The van der Waals surface area contributed by atoms with Crippen molar-refractivity contribution in [3.05, 3.63) is 68.5 Å². The zero-order valence-corrected chi connectivity index (χ0v) is 9.99. The van der Waals surface area contributed by atoms with Crippen LogP contribution in [-0.4, -0.2) is 11.6 Å². The lowest BCUT2D eigenvalue weighted by Crippen LogP contribution is -2.20. The number of hydrogen-bond donors (Lipinski definition) is 0. The molecule has 3 rings (SSSR count). The molecule has 0 radical (unpaired) electrons. The van der Waals surface area contributed by atoms with Gasteiger partial charge in [0.25, 0.3) is 0 Å². The van der Waals surface area contributed by atoms with Gasteiger partial charge >= 0.3 is 0 Å². The van der Waals surface area contributed by atoms with Crippen LogP contribution in [0.1, 0.15) is 31.8 Å². The molecule has 0 aromatic heterocycles. The molecule has 1 aliphatic rings. The van der Waals surface area contributed by atoms with Gasteiger partial charge in [0.2, 0.25) is 0 Å². The van der Waals surface area contributed by atoms with E-state index in [1.807, 2.05) is 0 Å². The van der Waals surface area contributed by atoms with Crippen LogP contribution in [0.25, 0.3) is 0 Å².